The summed E-state index contributed by atoms with van der Waals surface area (Å²) in [5.41, 5.74) is 0.475. The van der Waals surface area contributed by atoms with Gasteiger partial charge < -0.3 is 4.74 Å². The number of halogens is 4. The van der Waals surface area contributed by atoms with Crippen LogP contribution in [0.15, 0.2) is 24.3 Å². The molecule has 0 aliphatic heterocycles. The first-order valence-corrected chi connectivity index (χ1v) is 6.04. The third-order valence-electron chi connectivity index (χ3n) is 2.64. The summed E-state index contributed by atoms with van der Waals surface area (Å²) in [6, 6.07) is 6.03. The number of hydrogen-bond acceptors (Lipinski definition) is 1. The molecule has 1 nitrogen and oxygen atoms in total. The quantitative estimate of drug-likeness (QED) is 0.714. The highest BCUT2D eigenvalue weighted by atomic mass is 35.5. The summed E-state index contributed by atoms with van der Waals surface area (Å²) in [4.78, 5) is 0. The first kappa shape index (κ1) is 15.2. The summed E-state index contributed by atoms with van der Waals surface area (Å²) >= 11 is 5.95. The summed E-state index contributed by atoms with van der Waals surface area (Å²) in [7, 11) is 0. The van der Waals surface area contributed by atoms with Crippen LogP contribution in [0.1, 0.15) is 32.8 Å². The van der Waals surface area contributed by atoms with E-state index < -0.39 is 6.36 Å². The maximum absolute atomic E-state index is 12.1. The Labute approximate surface area is 110 Å². The lowest BCUT2D eigenvalue weighted by Gasteiger charge is -2.27. The standard InChI is InChI=1S/C13H16ClF3O/c1-9(14)8-12(2,3)10-5-4-6-11(7-10)18-13(15,16)17/h4-7,9H,8H2,1-3H3. The number of ether oxygens (including phenoxy) is 1. The molecule has 0 aliphatic carbocycles. The zero-order chi connectivity index (χ0) is 14.0. The molecular weight excluding hydrogens is 265 g/mol. The predicted octanol–water partition coefficient (Wildman–Crippen LogP) is 4.88. The largest absolute Gasteiger partial charge is 0.573 e. The molecule has 1 atom stereocenters. The third-order valence-corrected chi connectivity index (χ3v) is 2.79. The van der Waals surface area contributed by atoms with Crippen LogP contribution in [0.2, 0.25) is 0 Å². The minimum absolute atomic E-state index is 0.0489. The van der Waals surface area contributed by atoms with Crippen molar-refractivity contribution in [2.75, 3.05) is 0 Å². The zero-order valence-electron chi connectivity index (χ0n) is 10.5. The molecule has 0 aromatic heterocycles. The highest BCUT2D eigenvalue weighted by Crippen LogP contribution is 2.33. The van der Waals surface area contributed by atoms with Gasteiger partial charge in [-0.2, -0.15) is 0 Å². The van der Waals surface area contributed by atoms with E-state index in [1.165, 1.54) is 12.1 Å². The Bertz CT molecular complexity index is 399. The van der Waals surface area contributed by atoms with Gasteiger partial charge in [0.1, 0.15) is 5.75 Å². The van der Waals surface area contributed by atoms with E-state index in [0.29, 0.717) is 6.42 Å². The molecule has 0 spiro atoms. The van der Waals surface area contributed by atoms with Gasteiger partial charge in [0.2, 0.25) is 0 Å². The van der Waals surface area contributed by atoms with E-state index in [4.69, 9.17) is 11.6 Å². The second-order valence-corrected chi connectivity index (χ2v) is 5.69. The van der Waals surface area contributed by atoms with E-state index in [-0.39, 0.29) is 16.5 Å². The van der Waals surface area contributed by atoms with Crippen LogP contribution in [0.3, 0.4) is 0 Å². The van der Waals surface area contributed by atoms with Crippen LogP contribution >= 0.6 is 11.6 Å². The van der Waals surface area contributed by atoms with E-state index in [0.717, 1.165) is 5.56 Å². The molecule has 0 heterocycles. The highest BCUT2D eigenvalue weighted by molar-refractivity contribution is 6.20. The van der Waals surface area contributed by atoms with E-state index in [2.05, 4.69) is 4.74 Å². The fourth-order valence-electron chi connectivity index (χ4n) is 1.94. The molecule has 0 fully saturated rings. The molecular formula is C13H16ClF3O. The van der Waals surface area contributed by atoms with Crippen LogP contribution in [-0.4, -0.2) is 11.7 Å². The molecule has 0 aliphatic rings. The Morgan fingerprint density at radius 2 is 1.89 bits per heavy atom. The van der Waals surface area contributed by atoms with Crippen LogP contribution in [0, 0.1) is 0 Å². The van der Waals surface area contributed by atoms with Crippen LogP contribution in [-0.2, 0) is 5.41 Å². The average Bonchev–Trinajstić information content (AvgIpc) is 2.13. The minimum atomic E-state index is -4.66. The summed E-state index contributed by atoms with van der Waals surface area (Å²) in [5.74, 6) is -0.199. The molecule has 0 N–H and O–H groups in total. The van der Waals surface area contributed by atoms with Gasteiger partial charge in [-0.25, -0.2) is 0 Å². The van der Waals surface area contributed by atoms with Crippen molar-refractivity contribution in [1.29, 1.82) is 0 Å². The second kappa shape index (κ2) is 5.39. The molecule has 5 heteroatoms. The van der Waals surface area contributed by atoms with Crippen molar-refractivity contribution in [3.8, 4) is 5.75 Å². The van der Waals surface area contributed by atoms with Crippen LogP contribution in [0.4, 0.5) is 13.2 Å². The lowest BCUT2D eigenvalue weighted by Crippen LogP contribution is -2.22. The Kier molecular flexibility index (Phi) is 4.54. The number of alkyl halides is 4. The molecule has 0 amide bonds. The van der Waals surface area contributed by atoms with Gasteiger partial charge in [-0.3, -0.25) is 0 Å². The molecule has 1 unspecified atom stereocenters. The summed E-state index contributed by atoms with van der Waals surface area (Å²) < 4.78 is 40.3. The van der Waals surface area contributed by atoms with Crippen molar-refractivity contribution in [2.24, 2.45) is 0 Å². The molecule has 102 valence electrons. The van der Waals surface area contributed by atoms with Crippen molar-refractivity contribution in [3.05, 3.63) is 29.8 Å². The van der Waals surface area contributed by atoms with Crippen LogP contribution in [0.25, 0.3) is 0 Å². The van der Waals surface area contributed by atoms with Crippen molar-refractivity contribution in [2.45, 2.75) is 44.3 Å². The average molecular weight is 281 g/mol. The number of benzene rings is 1. The van der Waals surface area contributed by atoms with Gasteiger partial charge in [0.05, 0.1) is 0 Å². The molecule has 0 saturated heterocycles. The molecule has 0 radical (unpaired) electrons. The number of rotatable bonds is 4. The van der Waals surface area contributed by atoms with Gasteiger partial charge in [0.15, 0.2) is 0 Å². The van der Waals surface area contributed by atoms with E-state index in [1.807, 2.05) is 20.8 Å². The zero-order valence-corrected chi connectivity index (χ0v) is 11.3. The smallest absolute Gasteiger partial charge is 0.406 e. The van der Waals surface area contributed by atoms with Crippen molar-refractivity contribution >= 4 is 11.6 Å². The Morgan fingerprint density at radius 3 is 2.39 bits per heavy atom. The Morgan fingerprint density at radius 1 is 1.28 bits per heavy atom. The summed E-state index contributed by atoms with van der Waals surface area (Å²) in [6.07, 6.45) is -3.99. The second-order valence-electron chi connectivity index (χ2n) is 4.94. The summed E-state index contributed by atoms with van der Waals surface area (Å²) in [6.45, 7) is 5.75. The predicted molar refractivity (Wildman–Crippen MR) is 66.1 cm³/mol. The van der Waals surface area contributed by atoms with Gasteiger partial charge in [-0.15, -0.1) is 24.8 Å². The molecule has 0 saturated carbocycles. The lowest BCUT2D eigenvalue weighted by atomic mass is 9.80. The first-order chi connectivity index (χ1) is 8.10. The van der Waals surface area contributed by atoms with Crippen LogP contribution < -0.4 is 4.74 Å². The van der Waals surface area contributed by atoms with Gasteiger partial charge in [0, 0.05) is 5.38 Å². The SMILES string of the molecule is CC(Cl)CC(C)(C)c1cccc(OC(F)(F)F)c1. The molecule has 18 heavy (non-hydrogen) atoms. The number of hydrogen-bond donors (Lipinski definition) is 0. The molecule has 1 rings (SSSR count). The monoisotopic (exact) mass is 280 g/mol. The van der Waals surface area contributed by atoms with Crippen LogP contribution in [0.5, 0.6) is 5.75 Å². The maximum atomic E-state index is 12.1. The van der Waals surface area contributed by atoms with Gasteiger partial charge >= 0.3 is 6.36 Å². The lowest BCUT2D eigenvalue weighted by molar-refractivity contribution is -0.274. The highest BCUT2D eigenvalue weighted by Gasteiger charge is 2.31. The van der Waals surface area contributed by atoms with Crippen molar-refractivity contribution in [3.63, 3.8) is 0 Å². The first-order valence-electron chi connectivity index (χ1n) is 5.60. The van der Waals surface area contributed by atoms with E-state index in [1.54, 1.807) is 12.1 Å². The fourth-order valence-corrected chi connectivity index (χ4v) is 2.32. The Balaban J connectivity index is 2.94. The Hall–Kier alpha value is -0.900. The van der Waals surface area contributed by atoms with E-state index >= 15 is 0 Å². The fraction of sp³-hybridized carbons (Fsp3) is 0.538. The molecule has 0 bridgehead atoms. The topological polar surface area (TPSA) is 9.23 Å². The van der Waals surface area contributed by atoms with E-state index in [9.17, 15) is 13.2 Å². The molecule has 1 aromatic carbocycles. The van der Waals surface area contributed by atoms with Crippen molar-refractivity contribution in [1.82, 2.24) is 0 Å². The van der Waals surface area contributed by atoms with Gasteiger partial charge in [0.25, 0.3) is 0 Å². The van der Waals surface area contributed by atoms with Gasteiger partial charge in [-0.1, -0.05) is 26.0 Å². The third kappa shape index (κ3) is 4.77. The molecule has 1 aromatic rings. The maximum Gasteiger partial charge on any atom is 0.573 e. The minimum Gasteiger partial charge on any atom is -0.406 e. The van der Waals surface area contributed by atoms with Crippen molar-refractivity contribution < 1.29 is 17.9 Å². The normalized spacial score (nSPS) is 14.4. The van der Waals surface area contributed by atoms with Gasteiger partial charge in [-0.05, 0) is 36.5 Å². The summed E-state index contributed by atoms with van der Waals surface area (Å²) in [5, 5.41) is -0.0489.